The van der Waals surface area contributed by atoms with Crippen LogP contribution in [-0.2, 0) is 0 Å². The van der Waals surface area contributed by atoms with Crippen molar-refractivity contribution in [2.45, 2.75) is 33.6 Å². The second-order valence-corrected chi connectivity index (χ2v) is 5.58. The maximum atomic E-state index is 6.11. The average Bonchev–Trinajstić information content (AvgIpc) is 2.29. The fourth-order valence-corrected chi connectivity index (χ4v) is 2.90. The number of nitrogens with zero attached hydrogens (tertiary/aromatic N) is 1. The van der Waals surface area contributed by atoms with E-state index >= 15 is 0 Å². The van der Waals surface area contributed by atoms with E-state index in [4.69, 9.17) is 5.73 Å². The largest absolute Gasteiger partial charge is 0.397 e. The maximum Gasteiger partial charge on any atom is 0.0629 e. The first-order valence-corrected chi connectivity index (χ1v) is 6.69. The molecular weight excluding hydrogens is 208 g/mol. The molecule has 2 nitrogen and oxygen atoms in total. The van der Waals surface area contributed by atoms with Crippen molar-refractivity contribution in [2.24, 2.45) is 11.8 Å². The van der Waals surface area contributed by atoms with Crippen LogP contribution in [0.3, 0.4) is 0 Å². The summed E-state index contributed by atoms with van der Waals surface area (Å²) in [6.07, 6.45) is 2.59. The van der Waals surface area contributed by atoms with Gasteiger partial charge >= 0.3 is 0 Å². The predicted octanol–water partition coefficient (Wildman–Crippen LogP) is 3.45. The molecular formula is C15H24N2. The number of rotatable bonds is 2. The minimum absolute atomic E-state index is 0.811. The molecule has 0 atom stereocenters. The molecule has 94 valence electrons. The van der Waals surface area contributed by atoms with Gasteiger partial charge in [0.1, 0.15) is 0 Å². The van der Waals surface area contributed by atoms with Crippen LogP contribution in [0.2, 0.25) is 0 Å². The molecule has 1 fully saturated rings. The number of nitrogen functional groups attached to an aromatic ring is 1. The van der Waals surface area contributed by atoms with Gasteiger partial charge in [-0.2, -0.15) is 0 Å². The Bertz CT molecular complexity index is 356. The summed E-state index contributed by atoms with van der Waals surface area (Å²) in [4.78, 5) is 2.46. The molecule has 1 saturated heterocycles. The van der Waals surface area contributed by atoms with Crippen LogP contribution >= 0.6 is 0 Å². The molecule has 0 aromatic heterocycles. The minimum atomic E-state index is 0.811. The van der Waals surface area contributed by atoms with Crippen LogP contribution < -0.4 is 10.6 Å². The molecule has 0 unspecified atom stereocenters. The van der Waals surface area contributed by atoms with Gasteiger partial charge in [-0.1, -0.05) is 26.0 Å². The van der Waals surface area contributed by atoms with Crippen LogP contribution in [0.1, 0.15) is 32.3 Å². The van der Waals surface area contributed by atoms with E-state index in [-0.39, 0.29) is 0 Å². The molecule has 17 heavy (non-hydrogen) atoms. The zero-order valence-corrected chi connectivity index (χ0v) is 11.2. The summed E-state index contributed by atoms with van der Waals surface area (Å²) in [6, 6.07) is 6.20. The van der Waals surface area contributed by atoms with Gasteiger partial charge in [0, 0.05) is 13.1 Å². The number of benzene rings is 1. The van der Waals surface area contributed by atoms with Crippen molar-refractivity contribution in [3.63, 3.8) is 0 Å². The summed E-state index contributed by atoms with van der Waals surface area (Å²) in [6.45, 7) is 9.13. The molecule has 1 aromatic carbocycles. The molecule has 0 spiro atoms. The lowest BCUT2D eigenvalue weighted by molar-refractivity contribution is 0.311. The first-order chi connectivity index (χ1) is 8.09. The highest BCUT2D eigenvalue weighted by Gasteiger charge is 2.23. The molecule has 0 saturated carbocycles. The summed E-state index contributed by atoms with van der Waals surface area (Å²) in [5, 5.41) is 0. The number of nitrogens with two attached hydrogens (primary N) is 1. The van der Waals surface area contributed by atoms with Gasteiger partial charge < -0.3 is 10.6 Å². The second-order valence-electron chi connectivity index (χ2n) is 5.58. The standard InChI is InChI=1S/C15H24N2/c1-11(2)13-7-9-17(10-8-13)15-12(3)5-4-6-14(15)16/h4-6,11,13H,7-10,16H2,1-3H3. The summed E-state index contributed by atoms with van der Waals surface area (Å²) in [7, 11) is 0. The smallest absolute Gasteiger partial charge is 0.0629 e. The average molecular weight is 232 g/mol. The number of anilines is 2. The number of hydrogen-bond donors (Lipinski definition) is 1. The second kappa shape index (κ2) is 4.99. The lowest BCUT2D eigenvalue weighted by atomic mass is 9.86. The summed E-state index contributed by atoms with van der Waals surface area (Å²) in [5.74, 6) is 1.70. The normalized spacial score (nSPS) is 17.8. The Morgan fingerprint density at radius 2 is 1.88 bits per heavy atom. The van der Waals surface area contributed by atoms with Crippen molar-refractivity contribution in [1.82, 2.24) is 0 Å². The van der Waals surface area contributed by atoms with Crippen LogP contribution in [0.15, 0.2) is 18.2 Å². The minimum Gasteiger partial charge on any atom is -0.397 e. The number of para-hydroxylation sites is 1. The molecule has 0 bridgehead atoms. The Hall–Kier alpha value is -1.18. The Kier molecular flexibility index (Phi) is 3.60. The fourth-order valence-electron chi connectivity index (χ4n) is 2.90. The summed E-state index contributed by atoms with van der Waals surface area (Å²) in [5.41, 5.74) is 9.59. The monoisotopic (exact) mass is 232 g/mol. The highest BCUT2D eigenvalue weighted by molar-refractivity contribution is 5.71. The fraction of sp³-hybridized carbons (Fsp3) is 0.600. The summed E-state index contributed by atoms with van der Waals surface area (Å²) >= 11 is 0. The highest BCUT2D eigenvalue weighted by atomic mass is 15.1. The number of piperidine rings is 1. The van der Waals surface area contributed by atoms with Gasteiger partial charge in [-0.3, -0.25) is 0 Å². The molecule has 0 amide bonds. The van der Waals surface area contributed by atoms with Crippen molar-refractivity contribution in [1.29, 1.82) is 0 Å². The third kappa shape index (κ3) is 2.56. The van der Waals surface area contributed by atoms with Gasteiger partial charge in [-0.25, -0.2) is 0 Å². The Balaban J connectivity index is 2.11. The highest BCUT2D eigenvalue weighted by Crippen LogP contribution is 2.32. The Morgan fingerprint density at radius 3 is 2.41 bits per heavy atom. The molecule has 2 heteroatoms. The van der Waals surface area contributed by atoms with E-state index in [2.05, 4.69) is 31.7 Å². The van der Waals surface area contributed by atoms with Crippen molar-refractivity contribution < 1.29 is 0 Å². The van der Waals surface area contributed by atoms with E-state index in [1.54, 1.807) is 0 Å². The first-order valence-electron chi connectivity index (χ1n) is 6.69. The van der Waals surface area contributed by atoms with Gasteiger partial charge in [0.2, 0.25) is 0 Å². The van der Waals surface area contributed by atoms with Gasteiger partial charge in [0.25, 0.3) is 0 Å². The van der Waals surface area contributed by atoms with E-state index in [1.165, 1.54) is 24.1 Å². The lowest BCUT2D eigenvalue weighted by Crippen LogP contribution is -2.36. The van der Waals surface area contributed by atoms with Crippen LogP contribution in [0.25, 0.3) is 0 Å². The predicted molar refractivity (Wildman–Crippen MR) is 75.4 cm³/mol. The number of aryl methyl sites for hydroxylation is 1. The zero-order chi connectivity index (χ0) is 12.4. The van der Waals surface area contributed by atoms with E-state index in [0.717, 1.165) is 30.6 Å². The van der Waals surface area contributed by atoms with Crippen molar-refractivity contribution in [2.75, 3.05) is 23.7 Å². The van der Waals surface area contributed by atoms with Crippen molar-refractivity contribution in [3.05, 3.63) is 23.8 Å². The first kappa shape index (κ1) is 12.3. The zero-order valence-electron chi connectivity index (χ0n) is 11.2. The van der Waals surface area contributed by atoms with Crippen LogP contribution in [0, 0.1) is 18.8 Å². The molecule has 2 rings (SSSR count). The molecule has 1 aliphatic rings. The molecule has 0 aliphatic carbocycles. The van der Waals surface area contributed by atoms with Crippen LogP contribution in [-0.4, -0.2) is 13.1 Å². The van der Waals surface area contributed by atoms with Crippen molar-refractivity contribution >= 4 is 11.4 Å². The van der Waals surface area contributed by atoms with Gasteiger partial charge in [-0.05, 0) is 43.2 Å². The Labute approximate surface area is 105 Å². The van der Waals surface area contributed by atoms with Crippen LogP contribution in [0.5, 0.6) is 0 Å². The van der Waals surface area contributed by atoms with E-state index < -0.39 is 0 Å². The third-order valence-corrected chi connectivity index (χ3v) is 4.07. The van der Waals surface area contributed by atoms with Crippen molar-refractivity contribution in [3.8, 4) is 0 Å². The quantitative estimate of drug-likeness (QED) is 0.791. The lowest BCUT2D eigenvalue weighted by Gasteiger charge is -2.36. The van der Waals surface area contributed by atoms with Gasteiger partial charge in [0.05, 0.1) is 11.4 Å². The van der Waals surface area contributed by atoms with E-state index in [0.29, 0.717) is 0 Å². The van der Waals surface area contributed by atoms with E-state index in [1.807, 2.05) is 12.1 Å². The summed E-state index contributed by atoms with van der Waals surface area (Å²) < 4.78 is 0. The maximum absolute atomic E-state index is 6.11. The molecule has 1 aromatic rings. The SMILES string of the molecule is Cc1cccc(N)c1N1CCC(C(C)C)CC1. The molecule has 0 radical (unpaired) electrons. The topological polar surface area (TPSA) is 29.3 Å². The third-order valence-electron chi connectivity index (χ3n) is 4.07. The molecule has 1 aliphatic heterocycles. The van der Waals surface area contributed by atoms with Crippen LogP contribution in [0.4, 0.5) is 11.4 Å². The number of hydrogen-bond acceptors (Lipinski definition) is 2. The van der Waals surface area contributed by atoms with Gasteiger partial charge in [-0.15, -0.1) is 0 Å². The van der Waals surface area contributed by atoms with E-state index in [9.17, 15) is 0 Å². The van der Waals surface area contributed by atoms with Gasteiger partial charge in [0.15, 0.2) is 0 Å². The molecule has 2 N–H and O–H groups in total. The Morgan fingerprint density at radius 1 is 1.24 bits per heavy atom. The molecule has 1 heterocycles.